The minimum Gasteiger partial charge on any atom is -0.496 e. The Morgan fingerprint density at radius 1 is 1.08 bits per heavy atom. The molecule has 3 heterocycles. The highest BCUT2D eigenvalue weighted by atomic mass is 16.5. The van der Waals surface area contributed by atoms with Gasteiger partial charge < -0.3 is 14.8 Å². The summed E-state index contributed by atoms with van der Waals surface area (Å²) in [6.45, 7) is 2.36. The van der Waals surface area contributed by atoms with Crippen molar-refractivity contribution in [2.24, 2.45) is 11.8 Å². The first kappa shape index (κ1) is 26.7. The molecule has 0 saturated carbocycles. The number of methoxy groups -OCH3 is 1. The number of likely N-dealkylation sites (tertiary alicyclic amines) is 1. The van der Waals surface area contributed by atoms with E-state index in [-0.39, 0.29) is 18.9 Å². The fourth-order valence-corrected chi connectivity index (χ4v) is 6.25. The SMILES string of the molecule is CCCC/C=C/CCN1C(=O)C2C(c3ccccc3OC)NC(Cc3c[nH]c4ccccc34)(C(=O)O)C2C1=O. The van der Waals surface area contributed by atoms with E-state index in [0.29, 0.717) is 17.7 Å². The molecular weight excluding hydrogens is 494 g/mol. The van der Waals surface area contributed by atoms with Crippen LogP contribution in [0, 0.1) is 11.8 Å². The van der Waals surface area contributed by atoms with Crippen LogP contribution in [0.5, 0.6) is 5.75 Å². The number of nitrogens with zero attached hydrogens (tertiary/aromatic N) is 1. The predicted molar refractivity (Wildman–Crippen MR) is 148 cm³/mol. The highest BCUT2D eigenvalue weighted by Crippen LogP contribution is 2.51. The van der Waals surface area contributed by atoms with Crippen LogP contribution in [-0.2, 0) is 20.8 Å². The molecule has 2 amide bonds. The number of allylic oxidation sites excluding steroid dienone is 1. The molecule has 2 aliphatic heterocycles. The van der Waals surface area contributed by atoms with Crippen molar-refractivity contribution in [1.82, 2.24) is 15.2 Å². The van der Waals surface area contributed by atoms with Crippen molar-refractivity contribution in [2.45, 2.75) is 50.6 Å². The number of H-pyrrole nitrogens is 1. The van der Waals surface area contributed by atoms with Gasteiger partial charge in [0.15, 0.2) is 0 Å². The summed E-state index contributed by atoms with van der Waals surface area (Å²) in [5.41, 5.74) is 0.644. The second kappa shape index (κ2) is 11.1. The third-order valence-corrected chi connectivity index (χ3v) is 8.16. The monoisotopic (exact) mass is 529 g/mol. The molecule has 0 spiro atoms. The molecule has 2 saturated heterocycles. The fraction of sp³-hybridized carbons (Fsp3) is 0.387. The molecule has 1 aromatic heterocycles. The van der Waals surface area contributed by atoms with Crippen LogP contribution in [0.4, 0.5) is 0 Å². The van der Waals surface area contributed by atoms with Crippen molar-refractivity contribution in [3.8, 4) is 5.75 Å². The third kappa shape index (κ3) is 4.63. The Hall–Kier alpha value is -3.91. The van der Waals surface area contributed by atoms with Gasteiger partial charge in [0, 0.05) is 41.7 Å². The van der Waals surface area contributed by atoms with E-state index in [1.165, 1.54) is 4.90 Å². The summed E-state index contributed by atoms with van der Waals surface area (Å²) in [6, 6.07) is 14.2. The van der Waals surface area contributed by atoms with Gasteiger partial charge in [0.25, 0.3) is 0 Å². The van der Waals surface area contributed by atoms with E-state index in [0.717, 1.165) is 35.7 Å². The molecule has 2 aromatic carbocycles. The van der Waals surface area contributed by atoms with Gasteiger partial charge in [-0.15, -0.1) is 0 Å². The zero-order valence-corrected chi connectivity index (χ0v) is 22.4. The molecule has 8 heteroatoms. The summed E-state index contributed by atoms with van der Waals surface area (Å²) < 4.78 is 5.59. The van der Waals surface area contributed by atoms with Crippen molar-refractivity contribution in [3.63, 3.8) is 0 Å². The molecule has 2 fully saturated rings. The second-order valence-electron chi connectivity index (χ2n) is 10.4. The Kier molecular flexibility index (Phi) is 7.57. The maximum atomic E-state index is 13.9. The van der Waals surface area contributed by atoms with Crippen LogP contribution in [0.1, 0.15) is 49.8 Å². The van der Waals surface area contributed by atoms with Gasteiger partial charge >= 0.3 is 5.97 Å². The molecule has 0 radical (unpaired) electrons. The molecule has 2 aliphatic rings. The van der Waals surface area contributed by atoms with Crippen LogP contribution in [-0.4, -0.2) is 52.0 Å². The van der Waals surface area contributed by atoms with E-state index < -0.39 is 35.3 Å². The average Bonchev–Trinajstić information content (AvgIpc) is 3.59. The topological polar surface area (TPSA) is 112 Å². The van der Waals surface area contributed by atoms with Gasteiger partial charge in [-0.2, -0.15) is 0 Å². The number of ether oxygens (including phenoxy) is 1. The number of carbonyl (C=O) groups excluding carboxylic acids is 2. The van der Waals surface area contributed by atoms with Crippen molar-refractivity contribution < 1.29 is 24.2 Å². The van der Waals surface area contributed by atoms with Gasteiger partial charge in [0.1, 0.15) is 11.3 Å². The van der Waals surface area contributed by atoms with Gasteiger partial charge in [0.05, 0.1) is 18.9 Å². The number of hydrogen-bond acceptors (Lipinski definition) is 5. The van der Waals surface area contributed by atoms with Crippen molar-refractivity contribution in [2.75, 3.05) is 13.7 Å². The number of nitrogens with one attached hydrogen (secondary N) is 2. The van der Waals surface area contributed by atoms with Crippen LogP contribution in [0.2, 0.25) is 0 Å². The molecule has 204 valence electrons. The Bertz CT molecular complexity index is 1410. The van der Waals surface area contributed by atoms with E-state index in [1.807, 2.05) is 48.5 Å². The maximum absolute atomic E-state index is 13.9. The minimum absolute atomic E-state index is 0.0446. The first-order valence-electron chi connectivity index (χ1n) is 13.6. The number of carboxylic acid groups (broad SMARTS) is 1. The first-order chi connectivity index (χ1) is 18.9. The lowest BCUT2D eigenvalue weighted by Crippen LogP contribution is -2.57. The highest BCUT2D eigenvalue weighted by Gasteiger charge is 2.68. The number of fused-ring (bicyclic) bond motifs is 2. The van der Waals surface area contributed by atoms with Gasteiger partial charge in [-0.3, -0.25) is 24.6 Å². The molecule has 3 N–H and O–H groups in total. The number of aromatic amines is 1. The largest absolute Gasteiger partial charge is 0.496 e. The molecule has 0 aliphatic carbocycles. The van der Waals surface area contributed by atoms with E-state index in [1.54, 1.807) is 19.4 Å². The third-order valence-electron chi connectivity index (χ3n) is 8.16. The van der Waals surface area contributed by atoms with Crippen LogP contribution in [0.15, 0.2) is 66.9 Å². The van der Waals surface area contributed by atoms with E-state index in [4.69, 9.17) is 4.74 Å². The van der Waals surface area contributed by atoms with Crippen molar-refractivity contribution in [3.05, 3.63) is 78.0 Å². The lowest BCUT2D eigenvalue weighted by atomic mass is 9.76. The molecule has 39 heavy (non-hydrogen) atoms. The Morgan fingerprint density at radius 2 is 1.82 bits per heavy atom. The van der Waals surface area contributed by atoms with Gasteiger partial charge in [-0.05, 0) is 30.5 Å². The summed E-state index contributed by atoms with van der Waals surface area (Å²) >= 11 is 0. The number of benzene rings is 2. The number of aromatic nitrogens is 1. The van der Waals surface area contributed by atoms with Crippen molar-refractivity contribution >= 4 is 28.7 Å². The van der Waals surface area contributed by atoms with Crippen molar-refractivity contribution in [1.29, 1.82) is 0 Å². The summed E-state index contributed by atoms with van der Waals surface area (Å²) in [7, 11) is 1.54. The van der Waals surface area contributed by atoms with E-state index in [9.17, 15) is 19.5 Å². The number of carbonyl (C=O) groups is 3. The summed E-state index contributed by atoms with van der Waals surface area (Å²) in [5.74, 6) is -3.30. The number of aliphatic carboxylic acids is 1. The Balaban J connectivity index is 1.55. The number of hydrogen-bond donors (Lipinski definition) is 3. The standard InChI is InChI=1S/C31H35N3O5/c1-3-4-5-6-7-12-17-34-28(35)25-26(29(34)36)31(30(37)38,18-20-19-32-23-15-10-8-13-21(20)23)33-27(25)22-14-9-11-16-24(22)39-2/h6-11,13-16,19,25-27,32-33H,3-5,12,17-18H2,1-2H3,(H,37,38)/b7-6+. The smallest absolute Gasteiger partial charge is 0.325 e. The van der Waals surface area contributed by atoms with Crippen LogP contribution >= 0.6 is 0 Å². The fourth-order valence-electron chi connectivity index (χ4n) is 6.25. The zero-order chi connectivity index (χ0) is 27.6. The Labute approximate surface area is 228 Å². The van der Waals surface area contributed by atoms with Gasteiger partial charge in [-0.25, -0.2) is 0 Å². The van der Waals surface area contributed by atoms with E-state index in [2.05, 4.69) is 23.3 Å². The van der Waals surface area contributed by atoms with E-state index >= 15 is 0 Å². The minimum atomic E-state index is -1.68. The second-order valence-corrected chi connectivity index (χ2v) is 10.4. The van der Waals surface area contributed by atoms with Crippen LogP contribution < -0.4 is 10.1 Å². The van der Waals surface area contributed by atoms with Gasteiger partial charge in [-0.1, -0.05) is 68.3 Å². The number of amides is 2. The first-order valence-corrected chi connectivity index (χ1v) is 13.6. The molecule has 3 aromatic rings. The molecule has 0 bridgehead atoms. The lowest BCUT2D eigenvalue weighted by molar-refractivity contribution is -0.151. The molecule has 4 atom stereocenters. The summed E-state index contributed by atoms with van der Waals surface area (Å²) in [5, 5.41) is 15.0. The number of unbranched alkanes of at least 4 members (excludes halogenated alkanes) is 2. The van der Waals surface area contributed by atoms with Crippen LogP contribution in [0.25, 0.3) is 10.9 Å². The van der Waals surface area contributed by atoms with Crippen LogP contribution in [0.3, 0.4) is 0 Å². The predicted octanol–water partition coefficient (Wildman–Crippen LogP) is 4.62. The maximum Gasteiger partial charge on any atom is 0.325 e. The quantitative estimate of drug-likeness (QED) is 0.190. The number of imide groups is 1. The summed E-state index contributed by atoms with van der Waals surface area (Å²) in [6.07, 6.45) is 9.59. The molecule has 5 rings (SSSR count). The summed E-state index contributed by atoms with van der Waals surface area (Å²) in [4.78, 5) is 45.5. The number of para-hydroxylation sites is 2. The molecule has 8 nitrogen and oxygen atoms in total. The number of carboxylic acids is 1. The lowest BCUT2D eigenvalue weighted by Gasteiger charge is -2.31. The molecule has 4 unspecified atom stereocenters. The normalized spacial score (nSPS) is 24.7. The Morgan fingerprint density at radius 3 is 2.59 bits per heavy atom. The average molecular weight is 530 g/mol. The zero-order valence-electron chi connectivity index (χ0n) is 22.4. The number of rotatable bonds is 11. The van der Waals surface area contributed by atoms with Gasteiger partial charge in [0.2, 0.25) is 11.8 Å². The highest BCUT2D eigenvalue weighted by molar-refractivity contribution is 6.09. The molecular formula is C31H35N3O5.